The number of allylic oxidation sites excluding steroid dienone is 7. The van der Waals surface area contributed by atoms with Gasteiger partial charge in [0, 0.05) is 11.3 Å². The van der Waals surface area contributed by atoms with Gasteiger partial charge in [-0.3, -0.25) is 0 Å². The lowest BCUT2D eigenvalue weighted by atomic mass is 9.77. The molecule has 2 unspecified atom stereocenters. The molecule has 1 fully saturated rings. The molecule has 0 saturated heterocycles. The van der Waals surface area contributed by atoms with E-state index in [9.17, 15) is 0 Å². The summed E-state index contributed by atoms with van der Waals surface area (Å²) in [5, 5.41) is 0. The van der Waals surface area contributed by atoms with Crippen molar-refractivity contribution in [3.05, 3.63) is 47.2 Å². The van der Waals surface area contributed by atoms with Crippen molar-refractivity contribution in [2.45, 2.75) is 78.6 Å². The Kier molecular flexibility index (Phi) is 8.17. The van der Waals surface area contributed by atoms with Crippen molar-refractivity contribution < 1.29 is 0 Å². The van der Waals surface area contributed by atoms with Crippen LogP contribution in [0.15, 0.2) is 52.2 Å². The second-order valence-electron chi connectivity index (χ2n) is 8.21. The van der Waals surface area contributed by atoms with Gasteiger partial charge in [0.15, 0.2) is 0 Å². The average Bonchev–Trinajstić information content (AvgIpc) is 2.63. The summed E-state index contributed by atoms with van der Waals surface area (Å²) in [5.74, 6) is 4.44. The molecule has 140 valence electrons. The van der Waals surface area contributed by atoms with Crippen LogP contribution in [0.5, 0.6) is 0 Å². The number of terminal acetylenes is 1. The van der Waals surface area contributed by atoms with E-state index in [1.54, 1.807) is 0 Å². The maximum atomic E-state index is 5.82. The van der Waals surface area contributed by atoms with Crippen molar-refractivity contribution in [3.8, 4) is 12.3 Å². The summed E-state index contributed by atoms with van der Waals surface area (Å²) < 4.78 is 0. The maximum absolute atomic E-state index is 5.82. The van der Waals surface area contributed by atoms with E-state index in [-0.39, 0.29) is 0 Å². The van der Waals surface area contributed by atoms with Crippen LogP contribution in [0.3, 0.4) is 0 Å². The zero-order valence-corrected chi connectivity index (χ0v) is 17.0. The Bertz CT molecular complexity index is 659. The molecule has 2 rings (SSSR count). The highest BCUT2D eigenvalue weighted by atomic mass is 14.8. The highest BCUT2D eigenvalue weighted by Crippen LogP contribution is 2.36. The van der Waals surface area contributed by atoms with Gasteiger partial charge in [0.1, 0.15) is 5.71 Å². The Morgan fingerprint density at radius 2 is 2.12 bits per heavy atom. The van der Waals surface area contributed by atoms with Crippen LogP contribution < -0.4 is 0 Å². The molecule has 1 saturated carbocycles. The number of hydrogen-bond acceptors (Lipinski definition) is 1. The van der Waals surface area contributed by atoms with Crippen LogP contribution in [-0.4, -0.2) is 5.71 Å². The van der Waals surface area contributed by atoms with E-state index in [1.165, 1.54) is 48.9 Å². The SMILES string of the molecule is C#CC(=NC(CC1CCCC(CCC=C)C1)=C(C)C)C1=CCCC(C)=C1. The molecule has 1 heteroatoms. The van der Waals surface area contributed by atoms with Crippen molar-refractivity contribution in [3.63, 3.8) is 0 Å². The van der Waals surface area contributed by atoms with Crippen LogP contribution in [0.25, 0.3) is 0 Å². The topological polar surface area (TPSA) is 12.4 Å². The van der Waals surface area contributed by atoms with Gasteiger partial charge in [-0.25, -0.2) is 4.99 Å². The van der Waals surface area contributed by atoms with E-state index in [0.29, 0.717) is 0 Å². The minimum absolute atomic E-state index is 0.740. The molecule has 1 nitrogen and oxygen atoms in total. The molecule has 2 aliphatic rings. The summed E-state index contributed by atoms with van der Waals surface area (Å²) in [4.78, 5) is 4.96. The van der Waals surface area contributed by atoms with E-state index in [2.05, 4.69) is 51.5 Å². The van der Waals surface area contributed by atoms with Crippen molar-refractivity contribution in [2.75, 3.05) is 0 Å². The van der Waals surface area contributed by atoms with Gasteiger partial charge in [-0.2, -0.15) is 0 Å². The first-order valence-electron chi connectivity index (χ1n) is 10.2. The van der Waals surface area contributed by atoms with Crippen LogP contribution >= 0.6 is 0 Å². The number of hydrogen-bond donors (Lipinski definition) is 0. The fourth-order valence-corrected chi connectivity index (χ4v) is 4.17. The van der Waals surface area contributed by atoms with Crippen molar-refractivity contribution in [1.82, 2.24) is 0 Å². The number of nitrogens with zero attached hydrogens (tertiary/aromatic N) is 1. The molecular formula is C25H35N. The normalized spacial score (nSPS) is 23.5. The van der Waals surface area contributed by atoms with Gasteiger partial charge in [-0.1, -0.05) is 48.6 Å². The standard InChI is InChI=1S/C25H35N/c1-6-8-12-21-13-10-14-22(17-21)18-25(19(3)4)26-24(7-2)23-15-9-11-20(5)16-23/h2,6,15-16,21-22H,1,8-14,17-18H2,3-5H3. The molecule has 0 aromatic carbocycles. The monoisotopic (exact) mass is 349 g/mol. The summed E-state index contributed by atoms with van der Waals surface area (Å²) in [6, 6.07) is 0. The van der Waals surface area contributed by atoms with Gasteiger partial charge in [0.25, 0.3) is 0 Å². The molecule has 0 aromatic heterocycles. The third kappa shape index (κ3) is 6.17. The Labute approximate surface area is 161 Å². The maximum Gasteiger partial charge on any atom is 0.120 e. The van der Waals surface area contributed by atoms with Gasteiger partial charge >= 0.3 is 0 Å². The van der Waals surface area contributed by atoms with Crippen LogP contribution in [0.2, 0.25) is 0 Å². The summed E-state index contributed by atoms with van der Waals surface area (Å²) >= 11 is 0. The minimum atomic E-state index is 0.740. The molecule has 0 heterocycles. The number of rotatable bonds is 7. The van der Waals surface area contributed by atoms with Gasteiger partial charge in [0.2, 0.25) is 0 Å². The molecule has 0 radical (unpaired) electrons. The molecule has 2 aliphatic carbocycles. The first-order valence-corrected chi connectivity index (χ1v) is 10.2. The predicted octanol–water partition coefficient (Wildman–Crippen LogP) is 7.18. The van der Waals surface area contributed by atoms with Gasteiger partial charge in [-0.15, -0.1) is 13.0 Å². The molecule has 0 bridgehead atoms. The smallest absolute Gasteiger partial charge is 0.120 e. The predicted molar refractivity (Wildman–Crippen MR) is 115 cm³/mol. The van der Waals surface area contributed by atoms with Gasteiger partial charge in [0.05, 0.1) is 0 Å². The molecule has 2 atom stereocenters. The summed E-state index contributed by atoms with van der Waals surface area (Å²) in [6.07, 6.45) is 23.4. The third-order valence-electron chi connectivity index (χ3n) is 5.69. The van der Waals surface area contributed by atoms with Crippen LogP contribution in [0.1, 0.15) is 78.6 Å². The summed E-state index contributed by atoms with van der Waals surface area (Å²) in [6.45, 7) is 10.4. The molecule has 0 spiro atoms. The summed E-state index contributed by atoms with van der Waals surface area (Å²) in [5.41, 5.74) is 5.82. The highest BCUT2D eigenvalue weighted by molar-refractivity contribution is 6.14. The van der Waals surface area contributed by atoms with E-state index in [1.807, 2.05) is 0 Å². The lowest BCUT2D eigenvalue weighted by Crippen LogP contribution is -2.16. The second-order valence-corrected chi connectivity index (χ2v) is 8.21. The van der Waals surface area contributed by atoms with Crippen molar-refractivity contribution >= 4 is 5.71 Å². The lowest BCUT2D eigenvalue weighted by Gasteiger charge is -2.29. The first-order chi connectivity index (χ1) is 12.5. The third-order valence-corrected chi connectivity index (χ3v) is 5.69. The fourth-order valence-electron chi connectivity index (χ4n) is 4.17. The van der Waals surface area contributed by atoms with E-state index in [4.69, 9.17) is 11.4 Å². The van der Waals surface area contributed by atoms with Crippen LogP contribution in [-0.2, 0) is 0 Å². The molecular weight excluding hydrogens is 314 g/mol. The van der Waals surface area contributed by atoms with Crippen LogP contribution in [0.4, 0.5) is 0 Å². The zero-order chi connectivity index (χ0) is 18.9. The van der Waals surface area contributed by atoms with E-state index >= 15 is 0 Å². The Balaban J connectivity index is 2.11. The van der Waals surface area contributed by atoms with E-state index < -0.39 is 0 Å². The second kappa shape index (κ2) is 10.4. The largest absolute Gasteiger partial charge is 0.244 e. The van der Waals surface area contributed by atoms with Crippen molar-refractivity contribution in [1.29, 1.82) is 0 Å². The number of aliphatic imine (C=N–C) groups is 1. The molecule has 0 aromatic rings. The van der Waals surface area contributed by atoms with Crippen LogP contribution in [0, 0.1) is 24.2 Å². The molecule has 0 amide bonds. The summed E-state index contributed by atoms with van der Waals surface area (Å²) in [7, 11) is 0. The minimum Gasteiger partial charge on any atom is -0.244 e. The fraction of sp³-hybridized carbons (Fsp3) is 0.560. The van der Waals surface area contributed by atoms with E-state index in [0.717, 1.165) is 48.8 Å². The Morgan fingerprint density at radius 1 is 1.35 bits per heavy atom. The quantitative estimate of drug-likeness (QED) is 0.262. The molecule has 0 aliphatic heterocycles. The Hall–Kier alpha value is -1.81. The molecule has 26 heavy (non-hydrogen) atoms. The Morgan fingerprint density at radius 3 is 2.77 bits per heavy atom. The van der Waals surface area contributed by atoms with Gasteiger partial charge < -0.3 is 0 Å². The highest BCUT2D eigenvalue weighted by Gasteiger charge is 2.23. The average molecular weight is 350 g/mol. The zero-order valence-electron chi connectivity index (χ0n) is 17.0. The van der Waals surface area contributed by atoms with Crippen molar-refractivity contribution in [2.24, 2.45) is 16.8 Å². The lowest BCUT2D eigenvalue weighted by molar-refractivity contribution is 0.254. The van der Waals surface area contributed by atoms with Gasteiger partial charge in [-0.05, 0) is 77.1 Å². The molecule has 0 N–H and O–H groups in total. The first kappa shape index (κ1) is 20.5.